The van der Waals surface area contributed by atoms with Crippen LogP contribution in [0.3, 0.4) is 0 Å². The molecule has 0 fully saturated rings. The first-order valence-electron chi connectivity index (χ1n) is 10.2. The summed E-state index contributed by atoms with van der Waals surface area (Å²) in [6.45, 7) is 1.30. The van der Waals surface area contributed by atoms with Crippen molar-refractivity contribution in [1.82, 2.24) is 35.1 Å². The highest BCUT2D eigenvalue weighted by Gasteiger charge is 2.35. The molecular formula is C22H16F5N7O2. The van der Waals surface area contributed by atoms with Gasteiger partial charge in [0.05, 0.1) is 40.9 Å². The van der Waals surface area contributed by atoms with Gasteiger partial charge in [-0.25, -0.2) is 14.1 Å². The SMILES string of the molecule is C[C@@H](NC(=O)c1ccc(=O)n(-c2cnc(F)c(-c3cnnn3C)c2)n1)c1cccc(C(F)(F)F)c1F. The summed E-state index contributed by atoms with van der Waals surface area (Å²) in [5, 5.41) is 13.7. The van der Waals surface area contributed by atoms with Gasteiger partial charge in [0.2, 0.25) is 5.95 Å². The van der Waals surface area contributed by atoms with Crippen LogP contribution in [0.1, 0.15) is 34.6 Å². The van der Waals surface area contributed by atoms with Gasteiger partial charge in [0.15, 0.2) is 0 Å². The molecule has 0 saturated carbocycles. The van der Waals surface area contributed by atoms with Gasteiger partial charge in [-0.1, -0.05) is 17.3 Å². The van der Waals surface area contributed by atoms with Crippen LogP contribution in [0.5, 0.6) is 0 Å². The van der Waals surface area contributed by atoms with E-state index in [1.807, 2.05) is 0 Å². The van der Waals surface area contributed by atoms with Crippen LogP contribution < -0.4 is 10.9 Å². The van der Waals surface area contributed by atoms with Crippen LogP contribution in [0.15, 0.2) is 53.6 Å². The Hall–Kier alpha value is -4.49. The molecule has 4 rings (SSSR count). The maximum atomic E-state index is 14.4. The second-order valence-corrected chi connectivity index (χ2v) is 7.65. The van der Waals surface area contributed by atoms with E-state index < -0.39 is 41.0 Å². The van der Waals surface area contributed by atoms with Crippen molar-refractivity contribution < 1.29 is 26.7 Å². The zero-order valence-electron chi connectivity index (χ0n) is 18.6. The van der Waals surface area contributed by atoms with Gasteiger partial charge in [-0.3, -0.25) is 9.59 Å². The summed E-state index contributed by atoms with van der Waals surface area (Å²) < 4.78 is 69.9. The van der Waals surface area contributed by atoms with Gasteiger partial charge in [0.1, 0.15) is 11.5 Å². The molecule has 1 amide bonds. The van der Waals surface area contributed by atoms with Gasteiger partial charge in [-0.05, 0) is 25.1 Å². The molecule has 14 heteroatoms. The van der Waals surface area contributed by atoms with Crippen molar-refractivity contribution in [2.45, 2.75) is 19.1 Å². The standard InChI is InChI=1S/C22H16F5N7O2/c1-11(13-4-3-5-15(19(13)23)22(25,26)27)30-21(36)16-6-7-18(35)34(31-16)12-8-14(20(24)28-9-12)17-10-29-32-33(17)2/h3-11H,1-2H3,(H,30,36)/t11-/m1/s1. The van der Waals surface area contributed by atoms with Crippen molar-refractivity contribution in [3.05, 3.63) is 87.7 Å². The highest BCUT2D eigenvalue weighted by molar-refractivity contribution is 5.92. The van der Waals surface area contributed by atoms with E-state index in [2.05, 4.69) is 25.7 Å². The van der Waals surface area contributed by atoms with Crippen molar-refractivity contribution in [1.29, 1.82) is 0 Å². The fourth-order valence-corrected chi connectivity index (χ4v) is 3.43. The van der Waals surface area contributed by atoms with Crippen molar-refractivity contribution >= 4 is 5.91 Å². The molecule has 186 valence electrons. The van der Waals surface area contributed by atoms with Crippen molar-refractivity contribution in [2.75, 3.05) is 0 Å². The van der Waals surface area contributed by atoms with Gasteiger partial charge in [0.25, 0.3) is 11.5 Å². The zero-order chi connectivity index (χ0) is 26.2. The fourth-order valence-electron chi connectivity index (χ4n) is 3.43. The van der Waals surface area contributed by atoms with Gasteiger partial charge in [0, 0.05) is 18.7 Å². The Labute approximate surface area is 199 Å². The summed E-state index contributed by atoms with van der Waals surface area (Å²) in [6.07, 6.45) is -2.59. The largest absolute Gasteiger partial charge is 0.419 e. The highest BCUT2D eigenvalue weighted by atomic mass is 19.4. The van der Waals surface area contributed by atoms with E-state index in [-0.39, 0.29) is 28.2 Å². The monoisotopic (exact) mass is 505 g/mol. The molecule has 4 aromatic rings. The lowest BCUT2D eigenvalue weighted by molar-refractivity contribution is -0.140. The number of rotatable bonds is 5. The Morgan fingerprint density at radius 2 is 1.86 bits per heavy atom. The third-order valence-electron chi connectivity index (χ3n) is 5.24. The molecule has 1 atom stereocenters. The Balaban J connectivity index is 1.65. The van der Waals surface area contributed by atoms with Crippen molar-refractivity contribution in [3.8, 4) is 16.9 Å². The van der Waals surface area contributed by atoms with Crippen LogP contribution in [-0.2, 0) is 13.2 Å². The summed E-state index contributed by atoms with van der Waals surface area (Å²) in [6, 6.07) is 4.94. The summed E-state index contributed by atoms with van der Waals surface area (Å²) in [7, 11) is 1.53. The number of hydrogen-bond acceptors (Lipinski definition) is 6. The van der Waals surface area contributed by atoms with E-state index >= 15 is 0 Å². The van der Waals surface area contributed by atoms with Crippen LogP contribution in [-0.4, -0.2) is 35.7 Å². The van der Waals surface area contributed by atoms with Gasteiger partial charge < -0.3 is 5.32 Å². The maximum Gasteiger partial charge on any atom is 0.419 e. The van der Waals surface area contributed by atoms with Crippen LogP contribution in [0, 0.1) is 11.8 Å². The molecule has 9 nitrogen and oxygen atoms in total. The number of carbonyl (C=O) groups excluding carboxylic acids is 1. The molecule has 1 N–H and O–H groups in total. The van der Waals surface area contributed by atoms with E-state index in [0.717, 1.165) is 35.1 Å². The zero-order valence-corrected chi connectivity index (χ0v) is 18.6. The molecule has 0 aliphatic carbocycles. The molecule has 0 saturated heterocycles. The lowest BCUT2D eigenvalue weighted by atomic mass is 10.0. The Kier molecular flexibility index (Phi) is 6.35. The Morgan fingerprint density at radius 1 is 1.11 bits per heavy atom. The molecule has 0 unspecified atom stereocenters. The number of pyridine rings is 1. The molecule has 0 bridgehead atoms. The van der Waals surface area contributed by atoms with Crippen LogP contribution in [0.25, 0.3) is 16.9 Å². The third-order valence-corrected chi connectivity index (χ3v) is 5.24. The number of nitrogens with one attached hydrogen (secondary N) is 1. The minimum Gasteiger partial charge on any atom is -0.344 e. The molecule has 0 spiro atoms. The van der Waals surface area contributed by atoms with E-state index in [0.29, 0.717) is 6.07 Å². The number of aryl methyl sites for hydroxylation is 1. The quantitative estimate of drug-likeness (QED) is 0.330. The minimum absolute atomic E-state index is 0.0178. The molecule has 36 heavy (non-hydrogen) atoms. The predicted molar refractivity (Wildman–Crippen MR) is 115 cm³/mol. The molecular weight excluding hydrogens is 489 g/mol. The van der Waals surface area contributed by atoms with E-state index in [4.69, 9.17) is 0 Å². The number of benzene rings is 1. The summed E-state index contributed by atoms with van der Waals surface area (Å²) >= 11 is 0. The smallest absolute Gasteiger partial charge is 0.344 e. The number of hydrogen-bond donors (Lipinski definition) is 1. The van der Waals surface area contributed by atoms with Gasteiger partial charge in [-0.2, -0.15) is 27.3 Å². The number of aromatic nitrogens is 6. The van der Waals surface area contributed by atoms with Crippen molar-refractivity contribution in [2.24, 2.45) is 7.05 Å². The Morgan fingerprint density at radius 3 is 2.53 bits per heavy atom. The molecule has 3 heterocycles. The first-order chi connectivity index (χ1) is 17.0. The summed E-state index contributed by atoms with van der Waals surface area (Å²) in [5.74, 6) is -3.26. The minimum atomic E-state index is -4.91. The summed E-state index contributed by atoms with van der Waals surface area (Å²) in [4.78, 5) is 28.8. The predicted octanol–water partition coefficient (Wildman–Crippen LogP) is 3.21. The molecule has 0 aliphatic rings. The average molecular weight is 505 g/mol. The number of carbonyl (C=O) groups is 1. The number of amides is 1. The van der Waals surface area contributed by atoms with Crippen LogP contribution in [0.4, 0.5) is 22.0 Å². The second kappa shape index (κ2) is 9.28. The van der Waals surface area contributed by atoms with Gasteiger partial charge >= 0.3 is 6.18 Å². The maximum absolute atomic E-state index is 14.4. The highest BCUT2D eigenvalue weighted by Crippen LogP contribution is 2.33. The number of alkyl halides is 3. The van der Waals surface area contributed by atoms with Gasteiger partial charge in [-0.15, -0.1) is 5.10 Å². The second-order valence-electron chi connectivity index (χ2n) is 7.65. The molecule has 3 aromatic heterocycles. The van der Waals surface area contributed by atoms with E-state index in [1.165, 1.54) is 30.9 Å². The van der Waals surface area contributed by atoms with Crippen molar-refractivity contribution in [3.63, 3.8) is 0 Å². The first kappa shape index (κ1) is 24.6. The average Bonchev–Trinajstić information content (AvgIpc) is 3.24. The normalized spacial score (nSPS) is 12.4. The van der Waals surface area contributed by atoms with Crippen LogP contribution >= 0.6 is 0 Å². The van der Waals surface area contributed by atoms with E-state index in [9.17, 15) is 31.5 Å². The van der Waals surface area contributed by atoms with E-state index in [1.54, 1.807) is 0 Å². The Bertz CT molecular complexity index is 1510. The first-order valence-corrected chi connectivity index (χ1v) is 10.2. The van der Waals surface area contributed by atoms with Crippen LogP contribution in [0.2, 0.25) is 0 Å². The lowest BCUT2D eigenvalue weighted by Gasteiger charge is -2.17. The molecule has 0 aliphatic heterocycles. The number of nitrogens with zero attached hydrogens (tertiary/aromatic N) is 6. The molecule has 0 radical (unpaired) electrons. The topological polar surface area (TPSA) is 108 Å². The number of halogens is 5. The fraction of sp³-hybridized carbons (Fsp3) is 0.182. The lowest BCUT2D eigenvalue weighted by Crippen LogP contribution is -2.31. The summed E-state index contributed by atoms with van der Waals surface area (Å²) in [5.41, 5.74) is -2.57. The molecule has 1 aromatic carbocycles. The third kappa shape index (κ3) is 4.69.